The molecule has 0 radical (unpaired) electrons. The van der Waals surface area contributed by atoms with E-state index in [1.807, 2.05) is 18.4 Å². The van der Waals surface area contributed by atoms with Gasteiger partial charge in [0.2, 0.25) is 0 Å². The van der Waals surface area contributed by atoms with Crippen LogP contribution in [0.4, 0.5) is 0 Å². The molecule has 7 nitrogen and oxygen atoms in total. The summed E-state index contributed by atoms with van der Waals surface area (Å²) in [6.45, 7) is 3.29. The Morgan fingerprint density at radius 3 is 3.04 bits per heavy atom. The third kappa shape index (κ3) is 3.12. The molecule has 26 heavy (non-hydrogen) atoms. The van der Waals surface area contributed by atoms with Crippen LogP contribution in [0, 0.1) is 6.92 Å². The van der Waals surface area contributed by atoms with Crippen molar-refractivity contribution < 1.29 is 18.8 Å². The first-order valence-corrected chi connectivity index (χ1v) is 9.33. The molecule has 1 atom stereocenters. The number of thiophene rings is 1. The van der Waals surface area contributed by atoms with Crippen LogP contribution in [0.3, 0.4) is 0 Å². The van der Waals surface area contributed by atoms with Gasteiger partial charge < -0.3 is 19.5 Å². The molecule has 2 aromatic heterocycles. The largest absolute Gasteiger partial charge is 0.467 e. The number of amides is 2. The summed E-state index contributed by atoms with van der Waals surface area (Å²) in [6.07, 6.45) is 2.64. The van der Waals surface area contributed by atoms with Gasteiger partial charge in [0, 0.05) is 19.4 Å². The summed E-state index contributed by atoms with van der Waals surface area (Å²) in [6, 6.07) is 5.51. The van der Waals surface area contributed by atoms with Gasteiger partial charge in [0.1, 0.15) is 11.5 Å². The van der Waals surface area contributed by atoms with Crippen molar-refractivity contribution in [3.63, 3.8) is 0 Å². The maximum atomic E-state index is 12.7. The van der Waals surface area contributed by atoms with Gasteiger partial charge in [-0.1, -0.05) is 5.16 Å². The number of carbonyl (C=O) groups excluding carboxylic acids is 2. The highest BCUT2D eigenvalue weighted by atomic mass is 32.1. The van der Waals surface area contributed by atoms with Crippen LogP contribution in [0.25, 0.3) is 0 Å². The molecular weight excluding hydrogens is 354 g/mol. The monoisotopic (exact) mass is 373 g/mol. The molecule has 1 saturated heterocycles. The van der Waals surface area contributed by atoms with Crippen LogP contribution in [0.1, 0.15) is 33.8 Å². The molecule has 1 fully saturated rings. The van der Waals surface area contributed by atoms with Gasteiger partial charge in [-0.3, -0.25) is 9.59 Å². The number of carbonyl (C=O) groups is 2. The zero-order valence-corrected chi connectivity index (χ0v) is 15.2. The molecule has 0 aliphatic carbocycles. The van der Waals surface area contributed by atoms with E-state index in [2.05, 4.69) is 10.5 Å². The molecule has 2 aromatic rings. The number of hydrogen-bond acceptors (Lipinski definition) is 6. The van der Waals surface area contributed by atoms with Gasteiger partial charge in [-0.05, 0) is 36.1 Å². The van der Waals surface area contributed by atoms with Crippen molar-refractivity contribution in [2.75, 3.05) is 13.1 Å². The number of oxime groups is 1. The summed E-state index contributed by atoms with van der Waals surface area (Å²) in [7, 11) is 0. The fourth-order valence-corrected chi connectivity index (χ4v) is 4.19. The van der Waals surface area contributed by atoms with Crippen LogP contribution in [-0.4, -0.2) is 41.1 Å². The molecule has 0 saturated carbocycles. The topological polar surface area (TPSA) is 84.1 Å². The highest BCUT2D eigenvalue weighted by Crippen LogP contribution is 2.35. The lowest BCUT2D eigenvalue weighted by Gasteiger charge is -2.21. The molecule has 4 heterocycles. The van der Waals surface area contributed by atoms with E-state index in [0.29, 0.717) is 43.9 Å². The van der Waals surface area contributed by atoms with Crippen LogP contribution in [-0.2, 0) is 16.2 Å². The van der Waals surface area contributed by atoms with E-state index in [1.54, 1.807) is 23.3 Å². The predicted molar refractivity (Wildman–Crippen MR) is 96.0 cm³/mol. The summed E-state index contributed by atoms with van der Waals surface area (Å²) >= 11 is 1.45. The summed E-state index contributed by atoms with van der Waals surface area (Å²) in [5, 5.41) is 8.68. The summed E-state index contributed by atoms with van der Waals surface area (Å²) < 4.78 is 5.20. The highest BCUT2D eigenvalue weighted by Gasteiger charge is 2.48. The van der Waals surface area contributed by atoms with Crippen molar-refractivity contribution in [2.24, 2.45) is 5.16 Å². The lowest BCUT2D eigenvalue weighted by molar-refractivity contribution is -0.115. The third-order valence-electron chi connectivity index (χ3n) is 4.76. The summed E-state index contributed by atoms with van der Waals surface area (Å²) in [5.41, 5.74) is 0.763. The quantitative estimate of drug-likeness (QED) is 0.891. The average Bonchev–Trinajstić information content (AvgIpc) is 3.42. The Balaban J connectivity index is 1.35. The molecule has 4 rings (SSSR count). The number of hydrogen-bond donors (Lipinski definition) is 1. The van der Waals surface area contributed by atoms with Crippen molar-refractivity contribution in [3.05, 3.63) is 46.0 Å². The Morgan fingerprint density at radius 1 is 1.42 bits per heavy atom. The van der Waals surface area contributed by atoms with E-state index in [1.165, 1.54) is 11.3 Å². The van der Waals surface area contributed by atoms with E-state index in [0.717, 1.165) is 10.4 Å². The lowest BCUT2D eigenvalue weighted by atomic mass is 9.96. The minimum atomic E-state index is -0.585. The third-order valence-corrected chi connectivity index (χ3v) is 5.77. The molecule has 0 bridgehead atoms. The Bertz CT molecular complexity index is 858. The molecule has 8 heteroatoms. The molecular formula is C18H19N3O4S. The fourth-order valence-electron chi connectivity index (χ4n) is 3.30. The molecule has 2 aliphatic rings. The minimum absolute atomic E-state index is 0.0219. The zero-order chi connectivity index (χ0) is 18.1. The van der Waals surface area contributed by atoms with Crippen LogP contribution < -0.4 is 5.32 Å². The number of nitrogens with zero attached hydrogens (tertiary/aromatic N) is 2. The molecule has 2 aliphatic heterocycles. The first-order chi connectivity index (χ1) is 12.6. The standard InChI is InChI=1S/C18H19N3O4S/c1-12-4-8-26-15(12)17(23)21-6-5-18(11-21)9-14(20-25-18)16(22)19-10-13-3-2-7-24-13/h2-4,7-8H,5-6,9-11H2,1H3,(H,19,22)/t18-/m1/s1. The van der Waals surface area contributed by atoms with Crippen LogP contribution in [0.15, 0.2) is 39.4 Å². The first kappa shape index (κ1) is 16.8. The smallest absolute Gasteiger partial charge is 0.269 e. The van der Waals surface area contributed by atoms with Crippen LogP contribution in [0.5, 0.6) is 0 Å². The Hall–Kier alpha value is -2.61. The number of nitrogens with one attached hydrogen (secondary N) is 1. The SMILES string of the molecule is Cc1ccsc1C(=O)N1CC[C@@]2(CC(C(=O)NCc3ccco3)=NO2)C1. The highest BCUT2D eigenvalue weighted by molar-refractivity contribution is 7.12. The number of rotatable bonds is 4. The number of furan rings is 1. The maximum absolute atomic E-state index is 12.7. The van der Waals surface area contributed by atoms with Gasteiger partial charge in [-0.25, -0.2) is 0 Å². The second-order valence-electron chi connectivity index (χ2n) is 6.66. The van der Waals surface area contributed by atoms with Gasteiger partial charge in [-0.15, -0.1) is 11.3 Å². The van der Waals surface area contributed by atoms with Crippen molar-refractivity contribution in [2.45, 2.75) is 31.9 Å². The first-order valence-electron chi connectivity index (χ1n) is 8.45. The Kier molecular flexibility index (Phi) is 4.28. The van der Waals surface area contributed by atoms with Crippen molar-refractivity contribution in [3.8, 4) is 0 Å². The Labute approximate surface area is 154 Å². The van der Waals surface area contributed by atoms with Crippen LogP contribution >= 0.6 is 11.3 Å². The fraction of sp³-hybridized carbons (Fsp3) is 0.389. The van der Waals surface area contributed by atoms with Gasteiger partial charge in [0.25, 0.3) is 11.8 Å². The normalized spacial score (nSPS) is 21.7. The van der Waals surface area contributed by atoms with Crippen molar-refractivity contribution in [1.82, 2.24) is 10.2 Å². The molecule has 1 spiro atoms. The van der Waals surface area contributed by atoms with Gasteiger partial charge >= 0.3 is 0 Å². The summed E-state index contributed by atoms with van der Waals surface area (Å²) in [4.78, 5) is 33.1. The van der Waals surface area contributed by atoms with Gasteiger partial charge in [-0.2, -0.15) is 0 Å². The van der Waals surface area contributed by atoms with E-state index in [-0.39, 0.29) is 11.8 Å². The molecule has 2 amide bonds. The second-order valence-corrected chi connectivity index (χ2v) is 7.58. The number of likely N-dealkylation sites (tertiary alicyclic amines) is 1. The van der Waals surface area contributed by atoms with E-state index < -0.39 is 5.60 Å². The predicted octanol–water partition coefficient (Wildman–Crippen LogP) is 2.33. The minimum Gasteiger partial charge on any atom is -0.467 e. The zero-order valence-electron chi connectivity index (χ0n) is 14.4. The molecule has 1 N–H and O–H groups in total. The molecule has 0 unspecified atom stereocenters. The number of aryl methyl sites for hydroxylation is 1. The summed E-state index contributed by atoms with van der Waals surface area (Å²) in [5.74, 6) is 0.433. The second kappa shape index (κ2) is 6.60. The van der Waals surface area contributed by atoms with E-state index >= 15 is 0 Å². The van der Waals surface area contributed by atoms with Crippen LogP contribution in [0.2, 0.25) is 0 Å². The van der Waals surface area contributed by atoms with Crippen molar-refractivity contribution in [1.29, 1.82) is 0 Å². The van der Waals surface area contributed by atoms with E-state index in [9.17, 15) is 9.59 Å². The Morgan fingerprint density at radius 2 is 2.31 bits per heavy atom. The lowest BCUT2D eigenvalue weighted by Crippen LogP contribution is -2.38. The molecule has 0 aromatic carbocycles. The average molecular weight is 373 g/mol. The molecule has 136 valence electrons. The van der Waals surface area contributed by atoms with E-state index in [4.69, 9.17) is 9.25 Å². The van der Waals surface area contributed by atoms with Gasteiger partial charge in [0.15, 0.2) is 5.60 Å². The van der Waals surface area contributed by atoms with Crippen molar-refractivity contribution >= 4 is 28.9 Å². The maximum Gasteiger partial charge on any atom is 0.269 e. The van der Waals surface area contributed by atoms with Gasteiger partial charge in [0.05, 0.1) is 24.2 Å².